The van der Waals surface area contributed by atoms with E-state index in [1.807, 2.05) is 0 Å². The molecule has 0 aliphatic carbocycles. The third-order valence-electron chi connectivity index (χ3n) is 5.90. The number of carbonyl (C=O) groups is 2. The molecule has 31 heavy (non-hydrogen) atoms. The van der Waals surface area contributed by atoms with Crippen LogP contribution in [0.15, 0.2) is 24.3 Å². The van der Waals surface area contributed by atoms with Gasteiger partial charge in [0, 0.05) is 43.6 Å². The predicted octanol–water partition coefficient (Wildman–Crippen LogP) is 3.23. The van der Waals surface area contributed by atoms with Crippen molar-refractivity contribution in [3.63, 3.8) is 0 Å². The first kappa shape index (κ1) is 21.6. The second-order valence-electron chi connectivity index (χ2n) is 7.94. The summed E-state index contributed by atoms with van der Waals surface area (Å²) in [5, 5.41) is 2.97. The van der Waals surface area contributed by atoms with Crippen LogP contribution < -0.4 is 0 Å². The average Bonchev–Trinajstić information content (AvgIpc) is 3.35. The number of rotatable bonds is 3. The molecule has 11 heteroatoms. The molecule has 2 aromatic rings. The molecular formula is C20H19ClF4N4O2. The first-order chi connectivity index (χ1) is 14.5. The predicted molar refractivity (Wildman–Crippen MR) is 103 cm³/mol. The van der Waals surface area contributed by atoms with E-state index in [2.05, 4.69) is 5.10 Å². The van der Waals surface area contributed by atoms with Gasteiger partial charge in [0.2, 0.25) is 5.91 Å². The molecule has 1 aromatic heterocycles. The summed E-state index contributed by atoms with van der Waals surface area (Å²) in [5.41, 5.74) is -0.716. The quantitative estimate of drug-likeness (QED) is 0.664. The molecule has 1 aromatic carbocycles. The zero-order chi connectivity index (χ0) is 22.5. The molecule has 6 nitrogen and oxygen atoms in total. The second kappa shape index (κ2) is 7.81. The van der Waals surface area contributed by atoms with Gasteiger partial charge < -0.3 is 9.80 Å². The minimum atomic E-state index is -4.69. The van der Waals surface area contributed by atoms with Gasteiger partial charge in [-0.3, -0.25) is 14.3 Å². The lowest BCUT2D eigenvalue weighted by atomic mass is 10.0. The first-order valence-electron chi connectivity index (χ1n) is 9.67. The molecule has 2 atom stereocenters. The van der Waals surface area contributed by atoms with Crippen LogP contribution in [0.1, 0.15) is 21.7 Å². The normalized spacial score (nSPS) is 21.0. The summed E-state index contributed by atoms with van der Waals surface area (Å²) in [6, 6.07) is 5.35. The standard InChI is InChI=1S/C20H19ClF4N4O2/c1-11-17(21)18(20(23,24)25)26-29(11)10-16(30)27-6-13-8-28(9-14(13)7-27)19(31)12-2-4-15(22)5-3-12/h2-5,13-14H,6-10H2,1H3. The van der Waals surface area contributed by atoms with Crippen LogP contribution in [0.4, 0.5) is 17.6 Å². The van der Waals surface area contributed by atoms with Gasteiger partial charge in [-0.1, -0.05) is 11.6 Å². The van der Waals surface area contributed by atoms with Crippen molar-refractivity contribution in [1.82, 2.24) is 19.6 Å². The molecule has 2 fully saturated rings. The number of alkyl halides is 3. The number of carbonyl (C=O) groups excluding carboxylic acids is 2. The molecule has 166 valence electrons. The van der Waals surface area contributed by atoms with Gasteiger partial charge in [-0.2, -0.15) is 18.3 Å². The number of halogens is 5. The molecular weight excluding hydrogens is 440 g/mol. The molecule has 0 N–H and O–H groups in total. The molecule has 2 saturated heterocycles. The fourth-order valence-corrected chi connectivity index (χ4v) is 4.47. The molecule has 0 saturated carbocycles. The Morgan fingerprint density at radius 1 is 1.06 bits per heavy atom. The topological polar surface area (TPSA) is 58.4 Å². The van der Waals surface area contributed by atoms with Crippen molar-refractivity contribution < 1.29 is 27.2 Å². The summed E-state index contributed by atoms with van der Waals surface area (Å²) in [6.07, 6.45) is -4.69. The number of likely N-dealkylation sites (tertiary alicyclic amines) is 2. The van der Waals surface area contributed by atoms with Crippen LogP contribution >= 0.6 is 11.6 Å². The maximum absolute atomic E-state index is 13.1. The van der Waals surface area contributed by atoms with Crippen molar-refractivity contribution in [3.05, 3.63) is 52.1 Å². The SMILES string of the molecule is Cc1c(Cl)c(C(F)(F)F)nn1CC(=O)N1CC2CN(C(=O)c3ccc(F)cc3)CC2C1. The molecule has 2 unspecified atom stereocenters. The molecule has 2 aliphatic rings. The summed E-state index contributed by atoms with van der Waals surface area (Å²) >= 11 is 5.74. The van der Waals surface area contributed by atoms with Gasteiger partial charge in [-0.15, -0.1) is 0 Å². The number of fused-ring (bicyclic) bond motifs is 1. The third kappa shape index (κ3) is 4.13. The molecule has 3 heterocycles. The Morgan fingerprint density at radius 3 is 2.13 bits per heavy atom. The van der Waals surface area contributed by atoms with Gasteiger partial charge in [-0.05, 0) is 31.2 Å². The van der Waals surface area contributed by atoms with E-state index in [0.717, 1.165) is 4.68 Å². The number of benzene rings is 1. The van der Waals surface area contributed by atoms with Gasteiger partial charge in [0.15, 0.2) is 5.69 Å². The molecule has 2 aliphatic heterocycles. The average molecular weight is 459 g/mol. The number of amides is 2. The fourth-order valence-electron chi connectivity index (χ4n) is 4.23. The summed E-state index contributed by atoms with van der Waals surface area (Å²) in [7, 11) is 0. The third-order valence-corrected chi connectivity index (χ3v) is 6.36. The number of hydrogen-bond donors (Lipinski definition) is 0. The Kier molecular flexibility index (Phi) is 5.45. The van der Waals surface area contributed by atoms with Crippen molar-refractivity contribution in [2.24, 2.45) is 11.8 Å². The van der Waals surface area contributed by atoms with E-state index in [9.17, 15) is 27.2 Å². The van der Waals surface area contributed by atoms with E-state index in [-0.39, 0.29) is 35.9 Å². The largest absolute Gasteiger partial charge is 0.436 e. The highest BCUT2D eigenvalue weighted by atomic mass is 35.5. The molecule has 2 amide bonds. The Hall–Kier alpha value is -2.62. The lowest BCUT2D eigenvalue weighted by Gasteiger charge is -2.22. The monoisotopic (exact) mass is 458 g/mol. The minimum absolute atomic E-state index is 0.0813. The van der Waals surface area contributed by atoms with Gasteiger partial charge >= 0.3 is 6.18 Å². The van der Waals surface area contributed by atoms with Crippen LogP contribution in [0.2, 0.25) is 5.02 Å². The number of aromatic nitrogens is 2. The summed E-state index contributed by atoms with van der Waals surface area (Å²) in [4.78, 5) is 28.6. The molecule has 0 spiro atoms. The molecule has 0 bridgehead atoms. The highest BCUT2D eigenvalue weighted by Crippen LogP contribution is 2.36. The van der Waals surface area contributed by atoms with E-state index < -0.39 is 22.7 Å². The van der Waals surface area contributed by atoms with Gasteiger partial charge in [0.1, 0.15) is 12.4 Å². The van der Waals surface area contributed by atoms with E-state index in [4.69, 9.17) is 11.6 Å². The highest BCUT2D eigenvalue weighted by molar-refractivity contribution is 6.32. The summed E-state index contributed by atoms with van der Waals surface area (Å²) in [6.45, 7) is 2.81. The van der Waals surface area contributed by atoms with Crippen molar-refractivity contribution in [2.45, 2.75) is 19.6 Å². The fraction of sp³-hybridized carbons (Fsp3) is 0.450. The second-order valence-corrected chi connectivity index (χ2v) is 8.32. The van der Waals surface area contributed by atoms with Crippen LogP contribution in [0, 0.1) is 24.6 Å². The van der Waals surface area contributed by atoms with Crippen molar-refractivity contribution in [2.75, 3.05) is 26.2 Å². The smallest absolute Gasteiger partial charge is 0.340 e. The first-order valence-corrected chi connectivity index (χ1v) is 10.0. The summed E-state index contributed by atoms with van der Waals surface area (Å²) < 4.78 is 53.0. The van der Waals surface area contributed by atoms with Crippen LogP contribution in [-0.2, 0) is 17.5 Å². The molecule has 4 rings (SSSR count). The maximum Gasteiger partial charge on any atom is 0.436 e. The highest BCUT2D eigenvalue weighted by Gasteiger charge is 2.43. The number of hydrogen-bond acceptors (Lipinski definition) is 3. The van der Waals surface area contributed by atoms with E-state index in [1.54, 1.807) is 9.80 Å². The Balaban J connectivity index is 1.37. The van der Waals surface area contributed by atoms with E-state index in [1.165, 1.54) is 31.2 Å². The van der Waals surface area contributed by atoms with Gasteiger partial charge in [0.05, 0.1) is 10.7 Å². The molecule has 0 radical (unpaired) electrons. The lowest BCUT2D eigenvalue weighted by Crippen LogP contribution is -2.37. The Morgan fingerprint density at radius 2 is 1.61 bits per heavy atom. The van der Waals surface area contributed by atoms with Crippen molar-refractivity contribution in [1.29, 1.82) is 0 Å². The van der Waals surface area contributed by atoms with Crippen LogP contribution in [0.5, 0.6) is 0 Å². The van der Waals surface area contributed by atoms with Crippen LogP contribution in [-0.4, -0.2) is 57.6 Å². The zero-order valence-electron chi connectivity index (χ0n) is 16.5. The Labute approximate surface area is 180 Å². The maximum atomic E-state index is 13.1. The van der Waals surface area contributed by atoms with Crippen LogP contribution in [0.3, 0.4) is 0 Å². The van der Waals surface area contributed by atoms with Crippen molar-refractivity contribution in [3.8, 4) is 0 Å². The summed E-state index contributed by atoms with van der Waals surface area (Å²) in [5.74, 6) is -0.779. The van der Waals surface area contributed by atoms with E-state index in [0.29, 0.717) is 31.7 Å². The Bertz CT molecular complexity index is 1010. The van der Waals surface area contributed by atoms with E-state index >= 15 is 0 Å². The lowest BCUT2D eigenvalue weighted by molar-refractivity contribution is -0.142. The van der Waals surface area contributed by atoms with Gasteiger partial charge in [0.25, 0.3) is 5.91 Å². The number of nitrogens with zero attached hydrogens (tertiary/aromatic N) is 4. The van der Waals surface area contributed by atoms with Crippen LogP contribution in [0.25, 0.3) is 0 Å². The minimum Gasteiger partial charge on any atom is -0.340 e. The zero-order valence-corrected chi connectivity index (χ0v) is 17.3. The van der Waals surface area contributed by atoms with Crippen molar-refractivity contribution >= 4 is 23.4 Å². The van der Waals surface area contributed by atoms with Gasteiger partial charge in [-0.25, -0.2) is 4.39 Å².